The topological polar surface area (TPSA) is 175 Å². The minimum atomic E-state index is -1.92. The number of unbranched alkanes of at least 4 members (excludes halogenated alkanes) is 17. The lowest BCUT2D eigenvalue weighted by atomic mass is 9.98. The fourth-order valence-corrected chi connectivity index (χ4v) is 7.74. The number of aliphatic hydroxyl groups excluding tert-OH is 2. The van der Waals surface area contributed by atoms with Gasteiger partial charge in [-0.1, -0.05) is 170 Å². The number of carboxylic acids is 1. The largest absolute Gasteiger partial charge is 0.479 e. The molecule has 1 rings (SSSR count). The molecule has 0 amide bonds. The van der Waals surface area contributed by atoms with Crippen molar-refractivity contribution in [2.75, 3.05) is 13.2 Å². The van der Waals surface area contributed by atoms with E-state index in [1.165, 1.54) is 38.5 Å². The number of aliphatic carboxylic acids is 1. The summed E-state index contributed by atoms with van der Waals surface area (Å²) in [5.41, 5.74) is 0. The van der Waals surface area contributed by atoms with Gasteiger partial charge in [0, 0.05) is 19.3 Å². The number of ether oxygens (including phenoxy) is 5. The van der Waals surface area contributed by atoms with E-state index in [0.29, 0.717) is 19.3 Å². The number of carbonyl (C=O) groups is 4. The fraction of sp³-hybridized carbons (Fsp3) is 0.695. The van der Waals surface area contributed by atoms with E-state index < -0.39 is 67.3 Å². The Bertz CT molecular complexity index is 1560. The maximum Gasteiger partial charge on any atom is 0.335 e. The van der Waals surface area contributed by atoms with Gasteiger partial charge >= 0.3 is 23.9 Å². The van der Waals surface area contributed by atoms with Crippen LogP contribution in [0.25, 0.3) is 0 Å². The van der Waals surface area contributed by atoms with E-state index in [0.717, 1.165) is 116 Å². The summed E-state index contributed by atoms with van der Waals surface area (Å²) in [6.07, 6.45) is 47.1. The van der Waals surface area contributed by atoms with Gasteiger partial charge in [-0.25, -0.2) is 4.79 Å². The van der Waals surface area contributed by atoms with Crippen LogP contribution >= 0.6 is 0 Å². The molecule has 0 aromatic heterocycles. The molecule has 6 atom stereocenters. The number of rotatable bonds is 45. The molecule has 0 radical (unpaired) electrons. The molecule has 1 saturated heterocycles. The predicted octanol–water partition coefficient (Wildman–Crippen LogP) is 13.6. The number of allylic oxidation sites excluding steroid dienone is 14. The Kier molecular flexibility index (Phi) is 42.9. The zero-order valence-electron chi connectivity index (χ0n) is 44.2. The van der Waals surface area contributed by atoms with Crippen LogP contribution in [0.5, 0.6) is 0 Å². The molecule has 404 valence electrons. The molecule has 0 spiro atoms. The number of esters is 3. The Balaban J connectivity index is 2.76. The van der Waals surface area contributed by atoms with Gasteiger partial charge in [0.05, 0.1) is 6.61 Å². The number of carbonyl (C=O) groups excluding carboxylic acids is 3. The summed E-state index contributed by atoms with van der Waals surface area (Å²) >= 11 is 0. The first-order valence-corrected chi connectivity index (χ1v) is 27.6. The number of hydrogen-bond donors (Lipinski definition) is 3. The number of hydrogen-bond acceptors (Lipinski definition) is 11. The monoisotopic (exact) mass is 997 g/mol. The maximum absolute atomic E-state index is 13.1. The van der Waals surface area contributed by atoms with Crippen LogP contribution in [-0.4, -0.2) is 89.2 Å². The zero-order valence-corrected chi connectivity index (χ0v) is 44.2. The molecule has 0 aromatic rings. The van der Waals surface area contributed by atoms with Gasteiger partial charge in [-0.2, -0.15) is 0 Å². The molecule has 0 aromatic carbocycles. The van der Waals surface area contributed by atoms with Crippen LogP contribution in [0.3, 0.4) is 0 Å². The lowest BCUT2D eigenvalue weighted by Gasteiger charge is -2.40. The van der Waals surface area contributed by atoms with Crippen molar-refractivity contribution >= 4 is 23.9 Å². The predicted molar refractivity (Wildman–Crippen MR) is 284 cm³/mol. The average Bonchev–Trinajstić information content (AvgIpc) is 3.35. The van der Waals surface area contributed by atoms with E-state index in [4.69, 9.17) is 23.7 Å². The minimum Gasteiger partial charge on any atom is -0.479 e. The summed E-state index contributed by atoms with van der Waals surface area (Å²) < 4.78 is 28.3. The lowest BCUT2D eigenvalue weighted by Crippen LogP contribution is -2.61. The number of carboxylic acid groups (broad SMARTS) is 1. The third-order valence-corrected chi connectivity index (χ3v) is 11.9. The molecule has 0 bridgehead atoms. The summed E-state index contributed by atoms with van der Waals surface area (Å²) in [6.45, 7) is 5.68. The highest BCUT2D eigenvalue weighted by molar-refractivity contribution is 5.74. The van der Waals surface area contributed by atoms with Crippen molar-refractivity contribution in [1.29, 1.82) is 0 Å². The highest BCUT2D eigenvalue weighted by atomic mass is 16.7. The fourth-order valence-electron chi connectivity index (χ4n) is 7.74. The van der Waals surface area contributed by atoms with Crippen LogP contribution in [0.15, 0.2) is 85.1 Å². The number of aliphatic hydroxyl groups is 2. The third kappa shape index (κ3) is 37.3. The van der Waals surface area contributed by atoms with Crippen LogP contribution in [0.1, 0.15) is 213 Å². The lowest BCUT2D eigenvalue weighted by molar-refractivity contribution is -0.301. The Morgan fingerprint density at radius 1 is 0.479 bits per heavy atom. The van der Waals surface area contributed by atoms with Crippen molar-refractivity contribution < 1.29 is 58.2 Å². The maximum atomic E-state index is 13.1. The van der Waals surface area contributed by atoms with E-state index in [1.54, 1.807) is 0 Å². The van der Waals surface area contributed by atoms with Crippen LogP contribution in [0.4, 0.5) is 0 Å². The van der Waals surface area contributed by atoms with E-state index in [1.807, 2.05) is 0 Å². The minimum absolute atomic E-state index is 0.0410. The second-order valence-electron chi connectivity index (χ2n) is 18.4. The Labute approximate surface area is 429 Å². The molecule has 1 heterocycles. The molecule has 3 N–H and O–H groups in total. The third-order valence-electron chi connectivity index (χ3n) is 11.9. The van der Waals surface area contributed by atoms with Crippen molar-refractivity contribution in [2.45, 2.75) is 250 Å². The normalized spacial score (nSPS) is 19.1. The van der Waals surface area contributed by atoms with Gasteiger partial charge in [0.25, 0.3) is 0 Å². The molecule has 6 unspecified atom stereocenters. The van der Waals surface area contributed by atoms with Crippen LogP contribution < -0.4 is 0 Å². The van der Waals surface area contributed by atoms with Gasteiger partial charge < -0.3 is 39.0 Å². The highest BCUT2D eigenvalue weighted by Crippen LogP contribution is 2.26. The van der Waals surface area contributed by atoms with Gasteiger partial charge in [-0.3, -0.25) is 14.4 Å². The highest BCUT2D eigenvalue weighted by Gasteiger charge is 2.50. The van der Waals surface area contributed by atoms with Crippen LogP contribution in [0, 0.1) is 0 Å². The van der Waals surface area contributed by atoms with Crippen LogP contribution in [0.2, 0.25) is 0 Å². The first-order valence-electron chi connectivity index (χ1n) is 27.6. The first-order chi connectivity index (χ1) is 34.6. The molecule has 12 heteroatoms. The SMILES string of the molecule is CC/C=C\C/C=C\C/C=C\CCCCCC(=O)OCC(COC1OC(C(=O)O)C(O)C(O)C1OC(=O)CCCCCCC/C=C\CCCCCCCC)OC(=O)CCCCC/C=C\C/C=C\C/C=C\CC. The van der Waals surface area contributed by atoms with Crippen molar-refractivity contribution in [1.82, 2.24) is 0 Å². The molecule has 0 saturated carbocycles. The van der Waals surface area contributed by atoms with E-state index in [2.05, 4.69) is 106 Å². The second-order valence-corrected chi connectivity index (χ2v) is 18.4. The van der Waals surface area contributed by atoms with E-state index in [-0.39, 0.29) is 25.9 Å². The second kappa shape index (κ2) is 46.9. The molecule has 0 aliphatic carbocycles. The average molecular weight is 997 g/mol. The molecular weight excluding hydrogens is 901 g/mol. The van der Waals surface area contributed by atoms with Gasteiger partial charge in [0.15, 0.2) is 24.6 Å². The molecule has 1 fully saturated rings. The Morgan fingerprint density at radius 3 is 1.38 bits per heavy atom. The Morgan fingerprint density at radius 2 is 0.887 bits per heavy atom. The molecular formula is C59H96O12. The van der Waals surface area contributed by atoms with Gasteiger partial charge in [-0.05, 0) is 109 Å². The standard InChI is InChI=1S/C59H96O12/c1-4-7-10-13-16-19-22-25-26-29-32-35-38-41-44-47-53(62)70-57-55(64)54(63)56(58(65)66)71-59(57)68-49-50(69-52(61)46-43-40-37-34-31-28-24-21-18-15-12-9-6-3)48-67-51(60)45-42-39-36-33-30-27-23-20-17-14-11-8-5-2/h8-9,11-12,17-18,20-21,25-28,30-31,50,54-57,59,63-64H,4-7,10,13-16,19,22-24,29,32-49H2,1-3H3,(H,65,66)/b11-8-,12-9-,20-17-,21-18-,26-25-,30-27-,31-28-. The van der Waals surface area contributed by atoms with Crippen molar-refractivity contribution in [3.63, 3.8) is 0 Å². The summed E-state index contributed by atoms with van der Waals surface area (Å²) in [5, 5.41) is 31.4. The van der Waals surface area contributed by atoms with Gasteiger partial charge in [0.1, 0.15) is 18.8 Å². The Hall–Kier alpha value is -4.10. The van der Waals surface area contributed by atoms with Crippen LogP contribution in [-0.2, 0) is 42.9 Å². The van der Waals surface area contributed by atoms with Gasteiger partial charge in [0.2, 0.25) is 0 Å². The summed E-state index contributed by atoms with van der Waals surface area (Å²) in [7, 11) is 0. The van der Waals surface area contributed by atoms with E-state index >= 15 is 0 Å². The van der Waals surface area contributed by atoms with Crippen molar-refractivity contribution in [2.24, 2.45) is 0 Å². The summed E-state index contributed by atoms with van der Waals surface area (Å²) in [4.78, 5) is 50.9. The molecule has 12 nitrogen and oxygen atoms in total. The molecule has 1 aliphatic heterocycles. The first kappa shape index (κ1) is 64.9. The van der Waals surface area contributed by atoms with Crippen molar-refractivity contribution in [3.05, 3.63) is 85.1 Å². The van der Waals surface area contributed by atoms with Gasteiger partial charge in [-0.15, -0.1) is 0 Å². The summed E-state index contributed by atoms with van der Waals surface area (Å²) in [5.74, 6) is -3.22. The summed E-state index contributed by atoms with van der Waals surface area (Å²) in [6, 6.07) is 0. The smallest absolute Gasteiger partial charge is 0.335 e. The van der Waals surface area contributed by atoms with E-state index in [9.17, 15) is 34.5 Å². The molecule has 71 heavy (non-hydrogen) atoms. The zero-order chi connectivity index (χ0) is 51.8. The molecule has 1 aliphatic rings. The van der Waals surface area contributed by atoms with Crippen molar-refractivity contribution in [3.8, 4) is 0 Å². The quantitative estimate of drug-likeness (QED) is 0.0228.